The summed E-state index contributed by atoms with van der Waals surface area (Å²) in [5.41, 5.74) is 0. The van der Waals surface area contributed by atoms with Crippen molar-refractivity contribution in [3.8, 4) is 0 Å². The zero-order valence-electron chi connectivity index (χ0n) is 8.74. The number of carbonyl (C=O) groups excluding carboxylic acids is 1. The monoisotopic (exact) mass is 264 g/mol. The molecule has 0 spiro atoms. The lowest BCUT2D eigenvalue weighted by atomic mass is 10.1. The molecule has 0 fully saturated rings. The molecule has 0 aromatic heterocycles. The molecule has 0 amide bonds. The molecule has 16 heavy (non-hydrogen) atoms. The van der Waals surface area contributed by atoms with Crippen molar-refractivity contribution in [3.63, 3.8) is 0 Å². The maximum absolute atomic E-state index is 12.7. The van der Waals surface area contributed by atoms with Crippen molar-refractivity contribution in [1.82, 2.24) is 0 Å². The van der Waals surface area contributed by atoms with Crippen molar-refractivity contribution in [2.45, 2.75) is 44.7 Å². The maximum atomic E-state index is 12.7. The van der Waals surface area contributed by atoms with Gasteiger partial charge in [0.25, 0.3) is 5.92 Å². The number of rotatable bonds is 6. The summed E-state index contributed by atoms with van der Waals surface area (Å²) in [6.45, 7) is 1.63. The van der Waals surface area contributed by atoms with Crippen LogP contribution in [0.2, 0.25) is 0 Å². The second-order valence-electron chi connectivity index (χ2n) is 3.33. The Bertz CT molecular complexity index is 226. The Hall–Kier alpha value is -0.330. The Balaban J connectivity index is 3.78. The van der Waals surface area contributed by atoms with Gasteiger partial charge in [0, 0.05) is 18.6 Å². The van der Waals surface area contributed by atoms with Crippen LogP contribution < -0.4 is 0 Å². The van der Waals surface area contributed by atoms with E-state index in [0.717, 1.165) is 11.8 Å². The maximum Gasteiger partial charge on any atom is 0.394 e. The molecule has 0 aromatic rings. The van der Waals surface area contributed by atoms with Gasteiger partial charge in [-0.15, -0.1) is 0 Å². The number of hydrogen-bond donors (Lipinski definition) is 0. The van der Waals surface area contributed by atoms with E-state index in [1.165, 1.54) is 0 Å². The average Bonchev–Trinajstić information content (AvgIpc) is 2.08. The molecule has 0 saturated carbocycles. The lowest BCUT2D eigenvalue weighted by molar-refractivity contribution is -0.189. The fraction of sp³-hybridized carbons (Fsp3) is 0.889. The van der Waals surface area contributed by atoms with Crippen molar-refractivity contribution in [2.75, 3.05) is 5.75 Å². The van der Waals surface area contributed by atoms with Crippen LogP contribution >= 0.6 is 11.8 Å². The fourth-order valence-electron chi connectivity index (χ4n) is 1.00. The lowest BCUT2D eigenvalue weighted by Gasteiger charge is -2.17. The van der Waals surface area contributed by atoms with E-state index in [1.54, 1.807) is 6.92 Å². The molecule has 0 saturated heterocycles. The molecule has 0 bridgehead atoms. The van der Waals surface area contributed by atoms with Gasteiger partial charge in [-0.1, -0.05) is 18.7 Å². The molecule has 7 heteroatoms. The number of carbonyl (C=O) groups is 1. The second-order valence-corrected chi connectivity index (χ2v) is 4.48. The van der Waals surface area contributed by atoms with Crippen LogP contribution in [0.5, 0.6) is 0 Å². The molecule has 0 atom stereocenters. The largest absolute Gasteiger partial charge is 0.394 e. The molecular weight excluding hydrogens is 251 g/mol. The summed E-state index contributed by atoms with van der Waals surface area (Å²) in [6.07, 6.45) is -7.58. The quantitative estimate of drug-likeness (QED) is 0.532. The highest BCUT2D eigenvalue weighted by Gasteiger charge is 2.42. The summed E-state index contributed by atoms with van der Waals surface area (Å²) in [5, 5.41) is -0.140. The van der Waals surface area contributed by atoms with Crippen LogP contribution in [0.4, 0.5) is 22.0 Å². The predicted molar refractivity (Wildman–Crippen MR) is 52.6 cm³/mol. The molecule has 0 aliphatic heterocycles. The van der Waals surface area contributed by atoms with Gasteiger partial charge >= 0.3 is 6.18 Å². The molecule has 0 aromatic carbocycles. The van der Waals surface area contributed by atoms with E-state index < -0.39 is 24.9 Å². The smallest absolute Gasteiger partial charge is 0.287 e. The third-order valence-electron chi connectivity index (χ3n) is 1.70. The third kappa shape index (κ3) is 8.94. The van der Waals surface area contributed by atoms with Crippen molar-refractivity contribution in [1.29, 1.82) is 0 Å². The third-order valence-corrected chi connectivity index (χ3v) is 2.80. The Morgan fingerprint density at radius 3 is 2.19 bits per heavy atom. The van der Waals surface area contributed by atoms with Crippen LogP contribution in [-0.4, -0.2) is 23.0 Å². The Kier molecular flexibility index (Phi) is 6.28. The van der Waals surface area contributed by atoms with Crippen LogP contribution in [0.1, 0.15) is 32.6 Å². The van der Waals surface area contributed by atoms with E-state index in [0.29, 0.717) is 6.42 Å². The van der Waals surface area contributed by atoms with Gasteiger partial charge in [-0.05, 0) is 6.42 Å². The van der Waals surface area contributed by atoms with Gasteiger partial charge in [0.05, 0.1) is 0 Å². The first-order valence-electron chi connectivity index (χ1n) is 4.76. The molecule has 0 aliphatic carbocycles. The molecule has 96 valence electrons. The van der Waals surface area contributed by atoms with Crippen LogP contribution in [0.25, 0.3) is 0 Å². The first kappa shape index (κ1) is 15.7. The summed E-state index contributed by atoms with van der Waals surface area (Å²) in [7, 11) is 0. The van der Waals surface area contributed by atoms with Crippen LogP contribution in [0, 0.1) is 0 Å². The van der Waals surface area contributed by atoms with E-state index in [2.05, 4.69) is 0 Å². The summed E-state index contributed by atoms with van der Waals surface area (Å²) in [6, 6.07) is 0. The lowest BCUT2D eigenvalue weighted by Crippen LogP contribution is -2.25. The topological polar surface area (TPSA) is 17.1 Å². The van der Waals surface area contributed by atoms with Gasteiger partial charge in [-0.3, -0.25) is 4.79 Å². The van der Waals surface area contributed by atoms with Crippen LogP contribution in [-0.2, 0) is 4.79 Å². The van der Waals surface area contributed by atoms with E-state index in [1.807, 2.05) is 0 Å². The molecule has 0 N–H and O–H groups in total. The summed E-state index contributed by atoms with van der Waals surface area (Å²) < 4.78 is 60.5. The number of thioether (sulfide) groups is 1. The van der Waals surface area contributed by atoms with Crippen molar-refractivity contribution < 1.29 is 26.7 Å². The first-order chi connectivity index (χ1) is 7.16. The first-order valence-corrected chi connectivity index (χ1v) is 5.75. The zero-order valence-corrected chi connectivity index (χ0v) is 9.56. The summed E-state index contributed by atoms with van der Waals surface area (Å²) in [4.78, 5) is 10.8. The fourth-order valence-corrected chi connectivity index (χ4v) is 1.72. The number of hydrogen-bond acceptors (Lipinski definition) is 2. The van der Waals surface area contributed by atoms with E-state index in [4.69, 9.17) is 0 Å². The minimum atomic E-state index is -4.85. The highest BCUT2D eigenvalue weighted by molar-refractivity contribution is 8.13. The number of alkyl halides is 5. The molecule has 0 rings (SSSR count). The Morgan fingerprint density at radius 1 is 1.19 bits per heavy atom. The standard InChI is InChI=1S/C9H13F5OS/c1-2-7(15)16-5-3-4-8(10,11)6-9(12,13)14/h2-6H2,1H3. The molecule has 0 aliphatic rings. The van der Waals surface area contributed by atoms with Crippen molar-refractivity contribution >= 4 is 16.9 Å². The SMILES string of the molecule is CCC(=O)SCCCC(F)(F)CC(F)(F)F. The van der Waals surface area contributed by atoms with Crippen LogP contribution in [0.3, 0.4) is 0 Å². The average molecular weight is 264 g/mol. The van der Waals surface area contributed by atoms with Gasteiger partial charge in [0.15, 0.2) is 5.12 Å². The van der Waals surface area contributed by atoms with Crippen LogP contribution in [0.15, 0.2) is 0 Å². The minimum absolute atomic E-state index is 0.0977. The molecule has 0 heterocycles. The molecule has 0 unspecified atom stereocenters. The number of halogens is 5. The van der Waals surface area contributed by atoms with Gasteiger partial charge < -0.3 is 0 Å². The zero-order chi connectivity index (χ0) is 12.8. The summed E-state index contributed by atoms with van der Waals surface area (Å²) >= 11 is 0.882. The van der Waals surface area contributed by atoms with Gasteiger partial charge in [-0.25, -0.2) is 8.78 Å². The van der Waals surface area contributed by atoms with E-state index in [9.17, 15) is 26.7 Å². The molecule has 1 nitrogen and oxygen atoms in total. The van der Waals surface area contributed by atoms with Crippen molar-refractivity contribution in [3.05, 3.63) is 0 Å². The highest BCUT2D eigenvalue weighted by atomic mass is 32.2. The van der Waals surface area contributed by atoms with E-state index >= 15 is 0 Å². The molecule has 0 radical (unpaired) electrons. The predicted octanol–water partition coefficient (Wildman–Crippen LogP) is 4.02. The van der Waals surface area contributed by atoms with Gasteiger partial charge in [-0.2, -0.15) is 13.2 Å². The second kappa shape index (κ2) is 6.42. The van der Waals surface area contributed by atoms with Gasteiger partial charge in [0.2, 0.25) is 0 Å². The summed E-state index contributed by atoms with van der Waals surface area (Å²) in [5.74, 6) is -3.59. The van der Waals surface area contributed by atoms with Gasteiger partial charge in [0.1, 0.15) is 6.42 Å². The molecular formula is C9H13F5OS. The Morgan fingerprint density at radius 2 is 1.75 bits per heavy atom. The highest BCUT2D eigenvalue weighted by Crippen LogP contribution is 2.34. The van der Waals surface area contributed by atoms with Crippen molar-refractivity contribution in [2.24, 2.45) is 0 Å². The van der Waals surface area contributed by atoms with E-state index in [-0.39, 0.29) is 17.3 Å². The normalized spacial score (nSPS) is 12.9. The minimum Gasteiger partial charge on any atom is -0.287 e. The Labute approximate surface area is 94.8 Å².